The van der Waals surface area contributed by atoms with Gasteiger partial charge in [0.15, 0.2) is 0 Å². The van der Waals surface area contributed by atoms with E-state index in [2.05, 4.69) is 0 Å². The minimum absolute atomic E-state index is 0.0116. The highest BCUT2D eigenvalue weighted by molar-refractivity contribution is 7.80. The van der Waals surface area contributed by atoms with E-state index in [9.17, 15) is 9.59 Å². The molecule has 0 aromatic rings. The van der Waals surface area contributed by atoms with Crippen molar-refractivity contribution in [1.29, 1.82) is 0 Å². The second kappa shape index (κ2) is 4.74. The predicted octanol–water partition coefficient (Wildman–Crippen LogP) is 0.557. The molecule has 1 atom stereocenters. The van der Waals surface area contributed by atoms with Crippen LogP contribution < -0.4 is 11.5 Å². The molecule has 0 bridgehead atoms. The molecule has 0 aromatic carbocycles. The summed E-state index contributed by atoms with van der Waals surface area (Å²) in [7, 11) is 0. The van der Waals surface area contributed by atoms with Crippen molar-refractivity contribution in [2.45, 2.75) is 39.0 Å². The van der Waals surface area contributed by atoms with Crippen molar-refractivity contribution < 1.29 is 9.59 Å². The van der Waals surface area contributed by atoms with Gasteiger partial charge in [0, 0.05) is 13.1 Å². The van der Waals surface area contributed by atoms with Crippen molar-refractivity contribution >= 4 is 29.0 Å². The molecule has 1 heterocycles. The molecule has 5 nitrogen and oxygen atoms in total. The first kappa shape index (κ1) is 14.2. The summed E-state index contributed by atoms with van der Waals surface area (Å²) < 4.78 is 0. The summed E-state index contributed by atoms with van der Waals surface area (Å²) in [5, 5.41) is 0. The van der Waals surface area contributed by atoms with E-state index in [0.717, 1.165) is 25.7 Å². The van der Waals surface area contributed by atoms with Crippen LogP contribution >= 0.6 is 12.2 Å². The zero-order valence-corrected chi connectivity index (χ0v) is 12.1. The van der Waals surface area contributed by atoms with Gasteiger partial charge >= 0.3 is 0 Å². The van der Waals surface area contributed by atoms with Crippen molar-refractivity contribution in [3.8, 4) is 0 Å². The zero-order chi connectivity index (χ0) is 14.3. The summed E-state index contributed by atoms with van der Waals surface area (Å²) in [6, 6.07) is 0. The number of primary amides is 1. The maximum absolute atomic E-state index is 12.7. The van der Waals surface area contributed by atoms with Gasteiger partial charge < -0.3 is 16.4 Å². The van der Waals surface area contributed by atoms with Crippen molar-refractivity contribution in [2.24, 2.45) is 22.3 Å². The molecule has 1 saturated carbocycles. The van der Waals surface area contributed by atoms with E-state index < -0.39 is 10.8 Å². The Kier molecular flexibility index (Phi) is 3.55. The number of rotatable bonds is 3. The van der Waals surface area contributed by atoms with E-state index in [0.29, 0.717) is 24.5 Å². The highest BCUT2D eigenvalue weighted by atomic mass is 32.1. The number of amides is 2. The maximum Gasteiger partial charge on any atom is 0.235 e. The number of likely N-dealkylation sites (tertiary alicyclic amines) is 1. The Hall–Kier alpha value is -1.17. The van der Waals surface area contributed by atoms with E-state index in [-0.39, 0.29) is 11.8 Å². The second-order valence-electron chi connectivity index (χ2n) is 6.06. The van der Waals surface area contributed by atoms with E-state index in [1.807, 2.05) is 6.92 Å². The second-order valence-corrected chi connectivity index (χ2v) is 6.49. The van der Waals surface area contributed by atoms with Crippen LogP contribution in [0, 0.1) is 10.8 Å². The first-order valence-corrected chi connectivity index (χ1v) is 7.12. The largest absolute Gasteiger partial charge is 0.392 e. The lowest BCUT2D eigenvalue weighted by Gasteiger charge is -2.32. The highest BCUT2D eigenvalue weighted by Crippen LogP contribution is 2.42. The van der Waals surface area contributed by atoms with E-state index in [4.69, 9.17) is 23.7 Å². The number of thiocarbonyl (C=S) groups is 1. The van der Waals surface area contributed by atoms with Gasteiger partial charge in [-0.25, -0.2) is 0 Å². The zero-order valence-electron chi connectivity index (χ0n) is 11.3. The van der Waals surface area contributed by atoms with Crippen LogP contribution in [0.15, 0.2) is 0 Å². The van der Waals surface area contributed by atoms with Crippen LogP contribution in [0.4, 0.5) is 0 Å². The van der Waals surface area contributed by atoms with Gasteiger partial charge in [-0.15, -0.1) is 0 Å². The van der Waals surface area contributed by atoms with E-state index in [1.165, 1.54) is 0 Å². The van der Waals surface area contributed by atoms with Gasteiger partial charge in [-0.3, -0.25) is 9.59 Å². The molecule has 2 amide bonds. The van der Waals surface area contributed by atoms with Gasteiger partial charge in [0.05, 0.1) is 15.8 Å². The van der Waals surface area contributed by atoms with Gasteiger partial charge in [-0.05, 0) is 26.2 Å². The molecule has 19 heavy (non-hydrogen) atoms. The molecule has 1 unspecified atom stereocenters. The van der Waals surface area contributed by atoms with Crippen LogP contribution in [0.5, 0.6) is 0 Å². The van der Waals surface area contributed by atoms with Gasteiger partial charge in [0.2, 0.25) is 11.8 Å². The number of carbonyl (C=O) groups excluding carboxylic acids is 2. The van der Waals surface area contributed by atoms with E-state index >= 15 is 0 Å². The third-order valence-corrected chi connectivity index (χ3v) is 5.08. The molecular formula is C13H21N3O2S. The minimum atomic E-state index is -0.682. The number of nitrogens with zero attached hydrogens (tertiary/aromatic N) is 1. The van der Waals surface area contributed by atoms with Crippen LogP contribution in [0.25, 0.3) is 0 Å². The molecule has 0 radical (unpaired) electrons. The van der Waals surface area contributed by atoms with Crippen molar-refractivity contribution in [2.75, 3.05) is 13.1 Å². The average molecular weight is 283 g/mol. The van der Waals surface area contributed by atoms with E-state index in [1.54, 1.807) is 4.90 Å². The Morgan fingerprint density at radius 2 is 1.74 bits per heavy atom. The quantitative estimate of drug-likeness (QED) is 0.740. The van der Waals surface area contributed by atoms with Crippen LogP contribution in [-0.4, -0.2) is 34.8 Å². The Labute approximate surface area is 118 Å². The summed E-state index contributed by atoms with van der Waals surface area (Å²) in [6.07, 6.45) is 4.02. The van der Waals surface area contributed by atoms with Crippen molar-refractivity contribution in [3.63, 3.8) is 0 Å². The predicted molar refractivity (Wildman–Crippen MR) is 76.2 cm³/mol. The Morgan fingerprint density at radius 1 is 1.16 bits per heavy atom. The van der Waals surface area contributed by atoms with Gasteiger partial charge in [-0.1, -0.05) is 25.1 Å². The monoisotopic (exact) mass is 283 g/mol. The van der Waals surface area contributed by atoms with Crippen LogP contribution in [0.2, 0.25) is 0 Å². The Bertz CT molecular complexity index is 432. The Balaban J connectivity index is 2.17. The van der Waals surface area contributed by atoms with Crippen molar-refractivity contribution in [1.82, 2.24) is 4.90 Å². The molecule has 2 fully saturated rings. The van der Waals surface area contributed by atoms with Gasteiger partial charge in [-0.2, -0.15) is 0 Å². The SMILES string of the molecule is CC1(C(N)=O)CCN(C(=O)C2(C(N)=S)CCCC2)C1. The Morgan fingerprint density at radius 3 is 2.16 bits per heavy atom. The summed E-state index contributed by atoms with van der Waals surface area (Å²) >= 11 is 5.13. The third kappa shape index (κ3) is 2.22. The molecule has 0 spiro atoms. The number of carbonyl (C=O) groups is 2. The molecule has 2 rings (SSSR count). The first-order valence-electron chi connectivity index (χ1n) is 6.71. The van der Waals surface area contributed by atoms with Crippen molar-refractivity contribution in [3.05, 3.63) is 0 Å². The smallest absolute Gasteiger partial charge is 0.235 e. The maximum atomic E-state index is 12.7. The third-order valence-electron chi connectivity index (χ3n) is 4.69. The summed E-state index contributed by atoms with van der Waals surface area (Å²) in [5.41, 5.74) is 9.93. The molecule has 1 saturated heterocycles. The standard InChI is InChI=1S/C13H21N3O2S/c1-12(9(14)17)6-7-16(8-12)11(18)13(10(15)19)4-2-3-5-13/h2-8H2,1H3,(H2,14,17)(H2,15,19). The van der Waals surface area contributed by atoms with Gasteiger partial charge in [0.1, 0.15) is 0 Å². The van der Waals surface area contributed by atoms with Crippen LogP contribution in [-0.2, 0) is 9.59 Å². The molecule has 0 aromatic heterocycles. The molecule has 2 aliphatic rings. The molecule has 1 aliphatic heterocycles. The normalized spacial score (nSPS) is 29.4. The highest BCUT2D eigenvalue weighted by Gasteiger charge is 2.50. The summed E-state index contributed by atoms with van der Waals surface area (Å²) in [4.78, 5) is 26.2. The molecule has 106 valence electrons. The summed E-state index contributed by atoms with van der Waals surface area (Å²) in [6.45, 7) is 2.75. The van der Waals surface area contributed by atoms with Crippen LogP contribution in [0.1, 0.15) is 39.0 Å². The average Bonchev–Trinajstić information content (AvgIpc) is 2.96. The summed E-state index contributed by atoms with van der Waals surface area (Å²) in [5.74, 6) is -0.360. The lowest BCUT2D eigenvalue weighted by Crippen LogP contribution is -2.49. The van der Waals surface area contributed by atoms with Gasteiger partial charge in [0.25, 0.3) is 0 Å². The molecular weight excluding hydrogens is 262 g/mol. The number of hydrogen-bond donors (Lipinski definition) is 2. The minimum Gasteiger partial charge on any atom is -0.392 e. The first-order chi connectivity index (χ1) is 8.82. The lowest BCUT2D eigenvalue weighted by atomic mass is 9.84. The fourth-order valence-corrected chi connectivity index (χ4v) is 3.47. The topological polar surface area (TPSA) is 89.4 Å². The fraction of sp³-hybridized carbons (Fsp3) is 0.769. The molecule has 4 N–H and O–H groups in total. The molecule has 6 heteroatoms. The number of hydrogen-bond acceptors (Lipinski definition) is 3. The fourth-order valence-electron chi connectivity index (χ4n) is 3.18. The lowest BCUT2D eigenvalue weighted by molar-refractivity contribution is -0.137. The molecule has 1 aliphatic carbocycles. The van der Waals surface area contributed by atoms with Crippen LogP contribution in [0.3, 0.4) is 0 Å². The number of nitrogens with two attached hydrogens (primary N) is 2.